The lowest BCUT2D eigenvalue weighted by Crippen LogP contribution is -2.64. The van der Waals surface area contributed by atoms with Crippen LogP contribution in [0.1, 0.15) is 66.7 Å². The summed E-state index contributed by atoms with van der Waals surface area (Å²) in [6.45, 7) is 9.48. The van der Waals surface area contributed by atoms with Crippen LogP contribution in [0, 0.1) is 46.3 Å². The van der Waals surface area contributed by atoms with Crippen LogP contribution < -0.4 is 0 Å². The number of ketones is 1. The van der Waals surface area contributed by atoms with Gasteiger partial charge in [0.2, 0.25) is 5.79 Å². The van der Waals surface area contributed by atoms with Crippen molar-refractivity contribution in [3.63, 3.8) is 0 Å². The Morgan fingerprint density at radius 3 is 2.34 bits per heavy atom. The first kappa shape index (κ1) is 38.7. The predicted molar refractivity (Wildman–Crippen MR) is 180 cm³/mol. The molecule has 53 heavy (non-hydrogen) atoms. The maximum absolute atomic E-state index is 14.6. The van der Waals surface area contributed by atoms with Crippen LogP contribution in [0.5, 0.6) is 0 Å². The van der Waals surface area contributed by atoms with Gasteiger partial charge in [0.05, 0.1) is 37.6 Å². The second-order valence-electron chi connectivity index (χ2n) is 18.0. The fourth-order valence-corrected chi connectivity index (χ4v) is 12.2. The zero-order valence-electron chi connectivity index (χ0n) is 31.0. The van der Waals surface area contributed by atoms with Crippen LogP contribution in [0.3, 0.4) is 0 Å². The molecule has 15 heteroatoms. The molecule has 4 aliphatic carbocycles. The number of Topliss-reactive ketones (excluding diaryl/α,β-unsaturated/α-hetero) is 1. The molecule has 7 fully saturated rings. The Bertz CT molecular complexity index is 1450. The van der Waals surface area contributed by atoms with Gasteiger partial charge in [-0.25, -0.2) is 0 Å². The molecule has 4 aliphatic heterocycles. The third kappa shape index (κ3) is 5.55. The number of carbonyl (C=O) groups excluding carboxylic acids is 1. The average molecular weight is 755 g/mol. The third-order valence-electron chi connectivity index (χ3n) is 15.2. The van der Waals surface area contributed by atoms with Crippen molar-refractivity contribution in [2.75, 3.05) is 13.2 Å². The van der Waals surface area contributed by atoms with E-state index in [1.54, 1.807) is 0 Å². The highest BCUT2D eigenvalue weighted by molar-refractivity contribution is 5.90. The predicted octanol–water partition coefficient (Wildman–Crippen LogP) is -0.880. The molecule has 8 N–H and O–H groups in total. The fourth-order valence-electron chi connectivity index (χ4n) is 12.2. The van der Waals surface area contributed by atoms with E-state index < -0.39 is 102 Å². The number of ether oxygens (including phenoxy) is 6. The van der Waals surface area contributed by atoms with E-state index in [1.807, 2.05) is 13.8 Å². The van der Waals surface area contributed by atoms with Crippen molar-refractivity contribution < 1.29 is 74.1 Å². The largest absolute Gasteiger partial charge is 0.393 e. The molecule has 0 radical (unpaired) electrons. The highest BCUT2D eigenvalue weighted by Gasteiger charge is 2.75. The number of carbonyl (C=O) groups is 1. The SMILES string of the molecule is C[C@@H]1O[C@@H](O[C@H]2[C@H](O[C@@H]3C[C@H](O)CC4=CC[C@H]5[C@@H]6C(=O)[C@@H]7O[C@@]8(OC[C@H](C)[C@H](O)[C@@H]8O)[C@@H](C)[C@@H]7[C@@]6(C)CC[C@@H]5[C@]43C)OC[C@H](O)[C@@H]2O)[C@H](O)[C@H](O)[C@H]1O. The molecule has 0 aromatic rings. The first-order valence-electron chi connectivity index (χ1n) is 19.5. The minimum absolute atomic E-state index is 0.0117. The first-order valence-corrected chi connectivity index (χ1v) is 19.5. The van der Waals surface area contributed by atoms with Crippen LogP contribution >= 0.6 is 0 Å². The Morgan fingerprint density at radius 2 is 1.60 bits per heavy atom. The Balaban J connectivity index is 1.06. The Hall–Kier alpha value is -1.15. The van der Waals surface area contributed by atoms with Crippen LogP contribution in [-0.2, 0) is 33.2 Å². The van der Waals surface area contributed by atoms with Gasteiger partial charge in [0.15, 0.2) is 18.4 Å². The van der Waals surface area contributed by atoms with E-state index in [0.717, 1.165) is 12.0 Å². The lowest BCUT2D eigenvalue weighted by atomic mass is 9.46. The van der Waals surface area contributed by atoms with Crippen molar-refractivity contribution in [1.82, 2.24) is 0 Å². The first-order chi connectivity index (χ1) is 24.9. The topological polar surface area (TPSA) is 234 Å². The van der Waals surface area contributed by atoms with E-state index in [9.17, 15) is 45.6 Å². The van der Waals surface area contributed by atoms with E-state index in [0.29, 0.717) is 19.3 Å². The highest BCUT2D eigenvalue weighted by Crippen LogP contribution is 2.70. The van der Waals surface area contributed by atoms with E-state index in [2.05, 4.69) is 19.9 Å². The van der Waals surface area contributed by atoms with Crippen molar-refractivity contribution in [1.29, 1.82) is 0 Å². The maximum atomic E-state index is 14.6. The summed E-state index contributed by atoms with van der Waals surface area (Å²) in [5.74, 6) is -2.80. The molecule has 15 nitrogen and oxygen atoms in total. The molecule has 0 unspecified atom stereocenters. The zero-order chi connectivity index (χ0) is 38.1. The van der Waals surface area contributed by atoms with Gasteiger partial charge in [0.25, 0.3) is 0 Å². The zero-order valence-corrected chi connectivity index (χ0v) is 31.0. The van der Waals surface area contributed by atoms with Crippen molar-refractivity contribution in [3.8, 4) is 0 Å². The minimum Gasteiger partial charge on any atom is -0.393 e. The molecule has 3 saturated carbocycles. The van der Waals surface area contributed by atoms with Crippen molar-refractivity contribution in [3.05, 3.63) is 11.6 Å². The molecule has 300 valence electrons. The second kappa shape index (κ2) is 13.5. The van der Waals surface area contributed by atoms with Gasteiger partial charge in [-0.3, -0.25) is 4.79 Å². The summed E-state index contributed by atoms with van der Waals surface area (Å²) in [5.41, 5.74) is -0.104. The van der Waals surface area contributed by atoms with Crippen LogP contribution in [0.4, 0.5) is 0 Å². The number of hydrogen-bond acceptors (Lipinski definition) is 15. The minimum atomic E-state index is -1.67. The molecule has 0 aromatic carbocycles. The van der Waals surface area contributed by atoms with E-state index in [4.69, 9.17) is 28.4 Å². The van der Waals surface area contributed by atoms with Gasteiger partial charge in [-0.2, -0.15) is 0 Å². The fraction of sp³-hybridized carbons (Fsp3) is 0.921. The molecule has 4 heterocycles. The average Bonchev–Trinajstić information content (AvgIpc) is 3.54. The second-order valence-corrected chi connectivity index (χ2v) is 18.0. The van der Waals surface area contributed by atoms with Crippen molar-refractivity contribution in [2.24, 2.45) is 46.3 Å². The van der Waals surface area contributed by atoms with Crippen LogP contribution in [0.25, 0.3) is 0 Å². The number of fused-ring (bicyclic) bond motifs is 7. The molecule has 8 rings (SSSR count). The summed E-state index contributed by atoms with van der Waals surface area (Å²) < 4.78 is 37.0. The third-order valence-corrected chi connectivity index (χ3v) is 15.2. The van der Waals surface area contributed by atoms with E-state index in [1.165, 1.54) is 6.92 Å². The highest BCUT2D eigenvalue weighted by atomic mass is 16.8. The molecule has 23 atom stereocenters. The van der Waals surface area contributed by atoms with Gasteiger partial charge in [-0.05, 0) is 49.9 Å². The van der Waals surface area contributed by atoms with Crippen LogP contribution in [0.2, 0.25) is 0 Å². The Morgan fingerprint density at radius 1 is 0.868 bits per heavy atom. The van der Waals surface area contributed by atoms with E-state index in [-0.39, 0.29) is 60.9 Å². The Kier molecular flexibility index (Phi) is 9.84. The molecule has 8 aliphatic rings. The van der Waals surface area contributed by atoms with E-state index >= 15 is 0 Å². The standard InChI is InChI=1S/C38H58O15/c1-14-12-49-38(33(47)25(14)41)15(2)23-31(53-38)28(44)24-19-7-6-17-10-18(39)11-22(37(17,5)20(19)8-9-36(23,24)4)51-35-32(27(43)21(40)13-48-35)52-34-30(46)29(45)26(42)16(3)50-34/h6,14-16,18-27,29-35,39-43,45-47H,7-13H2,1-5H3/t14-,15-,16-,18+,19+,20-,21-,22+,23-,24+,25-,26-,27-,29+,30+,31+,32+,33-,34-,35-,36+,37-,38-/m0/s1. The summed E-state index contributed by atoms with van der Waals surface area (Å²) in [6, 6.07) is 0. The van der Waals surface area contributed by atoms with Crippen LogP contribution in [-0.4, -0.2) is 151 Å². The van der Waals surface area contributed by atoms with Gasteiger partial charge in [-0.15, -0.1) is 0 Å². The van der Waals surface area contributed by atoms with Crippen LogP contribution in [0.15, 0.2) is 11.6 Å². The lowest BCUT2D eigenvalue weighted by molar-refractivity contribution is -0.362. The summed E-state index contributed by atoms with van der Waals surface area (Å²) in [4.78, 5) is 14.6. The number of aliphatic hydroxyl groups is 8. The number of aliphatic hydroxyl groups excluding tert-OH is 8. The Labute approximate surface area is 309 Å². The smallest absolute Gasteiger partial charge is 0.200 e. The molecule has 0 aromatic heterocycles. The lowest BCUT2D eigenvalue weighted by Gasteiger charge is -2.60. The summed E-state index contributed by atoms with van der Waals surface area (Å²) in [6.07, 6.45) is -12.2. The number of hydrogen-bond donors (Lipinski definition) is 8. The van der Waals surface area contributed by atoms with Gasteiger partial charge in [-0.1, -0.05) is 39.3 Å². The molecule has 4 saturated heterocycles. The quantitative estimate of drug-likeness (QED) is 0.163. The molecule has 0 amide bonds. The molecular weight excluding hydrogens is 696 g/mol. The summed E-state index contributed by atoms with van der Waals surface area (Å²) in [7, 11) is 0. The number of rotatable bonds is 4. The normalized spacial score (nSPS) is 59.5. The molecule has 1 spiro atoms. The molecule has 0 bridgehead atoms. The molecular formula is C38H58O15. The maximum Gasteiger partial charge on any atom is 0.200 e. The van der Waals surface area contributed by atoms with Gasteiger partial charge in [0, 0.05) is 35.5 Å². The van der Waals surface area contributed by atoms with Crippen molar-refractivity contribution in [2.45, 2.75) is 158 Å². The summed E-state index contributed by atoms with van der Waals surface area (Å²) >= 11 is 0. The van der Waals surface area contributed by atoms with Crippen molar-refractivity contribution >= 4 is 5.78 Å². The summed E-state index contributed by atoms with van der Waals surface area (Å²) in [5, 5.41) is 86.2. The monoisotopic (exact) mass is 754 g/mol. The van der Waals surface area contributed by atoms with Gasteiger partial charge in [0.1, 0.15) is 48.8 Å². The number of allylic oxidation sites excluding steroid dienone is 1. The van der Waals surface area contributed by atoms with Gasteiger partial charge >= 0.3 is 0 Å². The van der Waals surface area contributed by atoms with Gasteiger partial charge < -0.3 is 69.3 Å².